The number of benzene rings is 1. The van der Waals surface area contributed by atoms with Gasteiger partial charge in [-0.15, -0.1) is 0 Å². The van der Waals surface area contributed by atoms with Crippen LogP contribution in [0.5, 0.6) is 5.75 Å². The van der Waals surface area contributed by atoms with Crippen LogP contribution in [-0.2, 0) is 4.74 Å². The molecule has 0 aromatic heterocycles. The minimum Gasteiger partial charge on any atom is -0.490 e. The quantitative estimate of drug-likeness (QED) is 0.633. The third-order valence-electron chi connectivity index (χ3n) is 3.44. The van der Waals surface area contributed by atoms with Crippen molar-refractivity contribution in [1.82, 2.24) is 5.32 Å². The van der Waals surface area contributed by atoms with E-state index in [9.17, 15) is 4.79 Å². The molecule has 0 aliphatic rings. The smallest absolute Gasteiger partial charge is 0.255 e. The second-order valence-corrected chi connectivity index (χ2v) is 5.41. The first-order valence-electron chi connectivity index (χ1n) is 8.29. The fourth-order valence-corrected chi connectivity index (χ4v) is 2.21. The first-order valence-corrected chi connectivity index (χ1v) is 8.29. The number of nitrogens with one attached hydrogen (secondary N) is 1. The molecule has 0 spiro atoms. The van der Waals surface area contributed by atoms with Crippen molar-refractivity contribution in [1.29, 1.82) is 0 Å². The Hall–Kier alpha value is -1.55. The van der Waals surface area contributed by atoms with Crippen molar-refractivity contribution in [2.45, 2.75) is 52.5 Å². The van der Waals surface area contributed by atoms with Gasteiger partial charge in [0.05, 0.1) is 12.2 Å². The summed E-state index contributed by atoms with van der Waals surface area (Å²) in [5.41, 5.74) is 0.585. The summed E-state index contributed by atoms with van der Waals surface area (Å²) >= 11 is 0. The van der Waals surface area contributed by atoms with E-state index in [1.54, 1.807) is 6.07 Å². The van der Waals surface area contributed by atoms with E-state index >= 15 is 0 Å². The SMILES string of the molecule is CCCCCC(C)NC(=O)c1ccccc1OCCOCC. The highest BCUT2D eigenvalue weighted by Gasteiger charge is 2.14. The molecule has 124 valence electrons. The maximum absolute atomic E-state index is 12.4. The average Bonchev–Trinajstić information content (AvgIpc) is 2.52. The number of rotatable bonds is 11. The summed E-state index contributed by atoms with van der Waals surface area (Å²) in [5, 5.41) is 3.05. The standard InChI is InChI=1S/C18H29NO3/c1-4-6-7-10-15(3)19-18(20)16-11-8-9-12-17(16)22-14-13-21-5-2/h8-9,11-12,15H,4-7,10,13-14H2,1-3H3,(H,19,20). The lowest BCUT2D eigenvalue weighted by atomic mass is 10.1. The molecule has 0 aliphatic heterocycles. The fraction of sp³-hybridized carbons (Fsp3) is 0.611. The fourth-order valence-electron chi connectivity index (χ4n) is 2.21. The number of ether oxygens (including phenoxy) is 2. The molecule has 4 nitrogen and oxygen atoms in total. The highest BCUT2D eigenvalue weighted by Crippen LogP contribution is 2.18. The van der Waals surface area contributed by atoms with Crippen LogP contribution in [0.1, 0.15) is 56.8 Å². The van der Waals surface area contributed by atoms with Crippen LogP contribution in [0, 0.1) is 0 Å². The van der Waals surface area contributed by atoms with Gasteiger partial charge in [0.15, 0.2) is 0 Å². The lowest BCUT2D eigenvalue weighted by Crippen LogP contribution is -2.32. The number of amides is 1. The van der Waals surface area contributed by atoms with Crippen molar-refractivity contribution in [2.24, 2.45) is 0 Å². The molecule has 1 amide bonds. The molecule has 0 heterocycles. The number of unbranched alkanes of at least 4 members (excludes halogenated alkanes) is 2. The third kappa shape index (κ3) is 6.94. The number of hydrogen-bond acceptors (Lipinski definition) is 3. The van der Waals surface area contributed by atoms with E-state index < -0.39 is 0 Å². The average molecular weight is 307 g/mol. The Labute approximate surface area is 134 Å². The molecule has 0 aliphatic carbocycles. The monoisotopic (exact) mass is 307 g/mol. The van der Waals surface area contributed by atoms with Gasteiger partial charge in [0.25, 0.3) is 5.91 Å². The summed E-state index contributed by atoms with van der Waals surface area (Å²) < 4.78 is 10.9. The zero-order valence-electron chi connectivity index (χ0n) is 14.1. The van der Waals surface area contributed by atoms with Crippen LogP contribution in [0.2, 0.25) is 0 Å². The van der Waals surface area contributed by atoms with E-state index in [4.69, 9.17) is 9.47 Å². The second kappa shape index (κ2) is 11.1. The molecule has 22 heavy (non-hydrogen) atoms. The maximum atomic E-state index is 12.4. The maximum Gasteiger partial charge on any atom is 0.255 e. The van der Waals surface area contributed by atoms with Crippen LogP contribution in [0.25, 0.3) is 0 Å². The van der Waals surface area contributed by atoms with E-state index in [1.807, 2.05) is 32.0 Å². The van der Waals surface area contributed by atoms with Gasteiger partial charge in [0.1, 0.15) is 12.4 Å². The van der Waals surface area contributed by atoms with Gasteiger partial charge >= 0.3 is 0 Å². The first-order chi connectivity index (χ1) is 10.7. The van der Waals surface area contributed by atoms with E-state index in [0.717, 1.165) is 12.8 Å². The lowest BCUT2D eigenvalue weighted by Gasteiger charge is -2.16. The van der Waals surface area contributed by atoms with Crippen LogP contribution < -0.4 is 10.1 Å². The van der Waals surface area contributed by atoms with Crippen molar-refractivity contribution < 1.29 is 14.3 Å². The lowest BCUT2D eigenvalue weighted by molar-refractivity contribution is 0.0922. The van der Waals surface area contributed by atoms with Crippen LogP contribution in [-0.4, -0.2) is 31.8 Å². The third-order valence-corrected chi connectivity index (χ3v) is 3.44. The van der Waals surface area contributed by atoms with Crippen molar-refractivity contribution >= 4 is 5.91 Å². The van der Waals surface area contributed by atoms with E-state index in [1.165, 1.54) is 12.8 Å². The van der Waals surface area contributed by atoms with Crippen LogP contribution in [0.15, 0.2) is 24.3 Å². The minimum absolute atomic E-state index is 0.0731. The normalized spacial score (nSPS) is 12.0. The molecule has 1 aromatic carbocycles. The van der Waals surface area contributed by atoms with E-state index in [0.29, 0.717) is 31.1 Å². The molecule has 0 radical (unpaired) electrons. The van der Waals surface area contributed by atoms with Gasteiger partial charge in [0.2, 0.25) is 0 Å². The van der Waals surface area contributed by atoms with Crippen LogP contribution in [0.4, 0.5) is 0 Å². The summed E-state index contributed by atoms with van der Waals surface area (Å²) in [6.45, 7) is 7.82. The Balaban J connectivity index is 2.53. The molecule has 1 rings (SSSR count). The molecule has 1 atom stereocenters. The Bertz CT molecular complexity index is 434. The van der Waals surface area contributed by atoms with Gasteiger partial charge in [-0.25, -0.2) is 0 Å². The van der Waals surface area contributed by atoms with Crippen LogP contribution >= 0.6 is 0 Å². The van der Waals surface area contributed by atoms with Crippen molar-refractivity contribution in [3.63, 3.8) is 0 Å². The molecule has 1 aromatic rings. The topological polar surface area (TPSA) is 47.6 Å². The van der Waals surface area contributed by atoms with Gasteiger partial charge in [0, 0.05) is 12.6 Å². The van der Waals surface area contributed by atoms with Crippen molar-refractivity contribution in [2.75, 3.05) is 19.8 Å². The number of para-hydroxylation sites is 1. The van der Waals surface area contributed by atoms with Gasteiger partial charge in [-0.2, -0.15) is 0 Å². The molecule has 1 N–H and O–H groups in total. The summed E-state index contributed by atoms with van der Waals surface area (Å²) in [6.07, 6.45) is 4.55. The van der Waals surface area contributed by atoms with Gasteiger partial charge in [-0.05, 0) is 32.4 Å². The molecule has 0 saturated carbocycles. The number of carbonyl (C=O) groups is 1. The molecule has 4 heteroatoms. The van der Waals surface area contributed by atoms with E-state index in [-0.39, 0.29) is 11.9 Å². The van der Waals surface area contributed by atoms with Gasteiger partial charge < -0.3 is 14.8 Å². The zero-order chi connectivity index (χ0) is 16.2. The first kappa shape index (κ1) is 18.5. The highest BCUT2D eigenvalue weighted by molar-refractivity contribution is 5.97. The Kier molecular flexibility index (Phi) is 9.31. The molecular formula is C18H29NO3. The summed E-state index contributed by atoms with van der Waals surface area (Å²) in [5.74, 6) is 0.538. The largest absolute Gasteiger partial charge is 0.490 e. The highest BCUT2D eigenvalue weighted by atomic mass is 16.5. The predicted octanol–water partition coefficient (Wildman–Crippen LogP) is 3.80. The minimum atomic E-state index is -0.0731. The molecule has 0 fully saturated rings. The van der Waals surface area contributed by atoms with Gasteiger partial charge in [-0.1, -0.05) is 38.3 Å². The number of hydrogen-bond donors (Lipinski definition) is 1. The predicted molar refractivity (Wildman–Crippen MR) is 89.5 cm³/mol. The molecule has 1 unspecified atom stereocenters. The second-order valence-electron chi connectivity index (χ2n) is 5.41. The van der Waals surface area contributed by atoms with Crippen molar-refractivity contribution in [3.05, 3.63) is 29.8 Å². The Morgan fingerprint density at radius 2 is 1.95 bits per heavy atom. The van der Waals surface area contributed by atoms with Gasteiger partial charge in [-0.3, -0.25) is 4.79 Å². The summed E-state index contributed by atoms with van der Waals surface area (Å²) in [4.78, 5) is 12.4. The number of carbonyl (C=O) groups excluding carboxylic acids is 1. The summed E-state index contributed by atoms with van der Waals surface area (Å²) in [7, 11) is 0. The molecule has 0 bridgehead atoms. The Morgan fingerprint density at radius 3 is 2.68 bits per heavy atom. The van der Waals surface area contributed by atoms with Crippen LogP contribution in [0.3, 0.4) is 0 Å². The van der Waals surface area contributed by atoms with E-state index in [2.05, 4.69) is 12.2 Å². The molecule has 0 saturated heterocycles. The summed E-state index contributed by atoms with van der Waals surface area (Å²) in [6, 6.07) is 7.52. The molecular weight excluding hydrogens is 278 g/mol. The van der Waals surface area contributed by atoms with Crippen molar-refractivity contribution in [3.8, 4) is 5.75 Å². The Morgan fingerprint density at radius 1 is 1.18 bits per heavy atom. The zero-order valence-corrected chi connectivity index (χ0v) is 14.1.